The normalized spacial score (nSPS) is 13.0. The lowest BCUT2D eigenvalue weighted by molar-refractivity contribution is -0.137. The molecule has 5 nitrogen and oxygen atoms in total. The molecule has 1 atom stereocenters. The first-order valence-electron chi connectivity index (χ1n) is 8.82. The molecule has 0 aliphatic rings. The van der Waals surface area contributed by atoms with Gasteiger partial charge in [0.1, 0.15) is 5.76 Å². The van der Waals surface area contributed by atoms with Crippen LogP contribution in [0.15, 0.2) is 46.2 Å². The zero-order chi connectivity index (χ0) is 20.3. The molecular weight excluding hydrogens is 391 g/mol. The van der Waals surface area contributed by atoms with Gasteiger partial charge in [-0.15, -0.1) is 0 Å². The first-order valence-corrected chi connectivity index (χ1v) is 9.81. The van der Waals surface area contributed by atoms with E-state index in [4.69, 9.17) is 4.42 Å². The molecule has 28 heavy (non-hydrogen) atoms. The van der Waals surface area contributed by atoms with Gasteiger partial charge in [-0.2, -0.15) is 13.2 Å². The fraction of sp³-hybridized carbons (Fsp3) is 0.368. The van der Waals surface area contributed by atoms with Gasteiger partial charge in [-0.05, 0) is 43.7 Å². The highest BCUT2D eigenvalue weighted by Gasteiger charge is 2.31. The van der Waals surface area contributed by atoms with Gasteiger partial charge in [0.25, 0.3) is 0 Å². The van der Waals surface area contributed by atoms with E-state index in [0.717, 1.165) is 18.6 Å². The molecule has 2 heterocycles. The summed E-state index contributed by atoms with van der Waals surface area (Å²) in [6.45, 7) is 4.27. The maximum absolute atomic E-state index is 13.0. The second kappa shape index (κ2) is 8.30. The summed E-state index contributed by atoms with van der Waals surface area (Å²) >= 11 is 1.20. The SMILES string of the molecule is CCCn1c(SCC(=O)N[C@@H](C)c2ccco2)nc2ccc(C(F)(F)F)cc21. The summed E-state index contributed by atoms with van der Waals surface area (Å²) in [6, 6.07) is 6.75. The van der Waals surface area contributed by atoms with Gasteiger partial charge in [0.05, 0.1) is 34.7 Å². The summed E-state index contributed by atoms with van der Waals surface area (Å²) in [5.41, 5.74) is 0.190. The molecule has 1 amide bonds. The monoisotopic (exact) mass is 411 g/mol. The summed E-state index contributed by atoms with van der Waals surface area (Å²) in [4.78, 5) is 16.6. The number of benzene rings is 1. The minimum absolute atomic E-state index is 0.101. The minimum Gasteiger partial charge on any atom is -0.467 e. The van der Waals surface area contributed by atoms with E-state index in [1.54, 1.807) is 16.7 Å². The van der Waals surface area contributed by atoms with E-state index in [2.05, 4.69) is 10.3 Å². The standard InChI is InChI=1S/C19H20F3N3O2S/c1-3-8-25-15-10-13(19(20,21)22)6-7-14(15)24-18(25)28-11-17(26)23-12(2)16-5-4-9-27-16/h4-7,9-10,12H,3,8,11H2,1-2H3,(H,23,26)/t12-/m0/s1. The number of carbonyl (C=O) groups is 1. The lowest BCUT2D eigenvalue weighted by Crippen LogP contribution is -2.28. The van der Waals surface area contributed by atoms with E-state index in [1.165, 1.54) is 24.1 Å². The molecule has 2 aromatic heterocycles. The summed E-state index contributed by atoms with van der Waals surface area (Å²) in [6.07, 6.45) is -2.14. The number of aryl methyl sites for hydroxylation is 1. The Hall–Kier alpha value is -2.42. The molecule has 0 bridgehead atoms. The zero-order valence-corrected chi connectivity index (χ0v) is 16.2. The highest BCUT2D eigenvalue weighted by Crippen LogP contribution is 2.33. The van der Waals surface area contributed by atoms with Gasteiger partial charge in [-0.3, -0.25) is 4.79 Å². The molecule has 0 unspecified atom stereocenters. The van der Waals surface area contributed by atoms with Crippen molar-refractivity contribution in [1.82, 2.24) is 14.9 Å². The average Bonchev–Trinajstić information content (AvgIpc) is 3.28. The highest BCUT2D eigenvalue weighted by atomic mass is 32.2. The van der Waals surface area contributed by atoms with Crippen molar-refractivity contribution in [1.29, 1.82) is 0 Å². The molecule has 0 spiro atoms. The number of halogens is 3. The number of amides is 1. The summed E-state index contributed by atoms with van der Waals surface area (Å²) < 4.78 is 46.1. The molecule has 1 aromatic carbocycles. The Bertz CT molecular complexity index is 951. The number of aromatic nitrogens is 2. The van der Waals surface area contributed by atoms with Crippen LogP contribution in [-0.2, 0) is 17.5 Å². The Morgan fingerprint density at radius 2 is 2.14 bits per heavy atom. The van der Waals surface area contributed by atoms with Crippen LogP contribution < -0.4 is 5.32 Å². The van der Waals surface area contributed by atoms with Gasteiger partial charge in [-0.25, -0.2) is 4.98 Å². The molecule has 0 saturated heterocycles. The third kappa shape index (κ3) is 4.52. The fourth-order valence-corrected chi connectivity index (χ4v) is 3.70. The zero-order valence-electron chi connectivity index (χ0n) is 15.4. The topological polar surface area (TPSA) is 60.1 Å². The van der Waals surface area contributed by atoms with E-state index in [-0.39, 0.29) is 17.7 Å². The number of hydrogen-bond acceptors (Lipinski definition) is 4. The van der Waals surface area contributed by atoms with Crippen LogP contribution in [0.3, 0.4) is 0 Å². The molecule has 9 heteroatoms. The number of furan rings is 1. The van der Waals surface area contributed by atoms with Gasteiger partial charge >= 0.3 is 6.18 Å². The Morgan fingerprint density at radius 1 is 1.36 bits per heavy atom. The first-order chi connectivity index (χ1) is 13.3. The smallest absolute Gasteiger partial charge is 0.416 e. The van der Waals surface area contributed by atoms with E-state index >= 15 is 0 Å². The van der Waals surface area contributed by atoms with Crippen LogP contribution in [0.25, 0.3) is 11.0 Å². The molecular formula is C19H20F3N3O2S. The fourth-order valence-electron chi connectivity index (χ4n) is 2.85. The third-order valence-electron chi connectivity index (χ3n) is 4.17. The Morgan fingerprint density at radius 3 is 2.79 bits per heavy atom. The second-order valence-corrected chi connectivity index (χ2v) is 7.28. The van der Waals surface area contributed by atoms with E-state index < -0.39 is 11.7 Å². The Balaban J connectivity index is 1.76. The van der Waals surface area contributed by atoms with Crippen molar-refractivity contribution in [3.8, 4) is 0 Å². The summed E-state index contributed by atoms with van der Waals surface area (Å²) in [5, 5.41) is 3.35. The van der Waals surface area contributed by atoms with Crippen molar-refractivity contribution in [3.05, 3.63) is 47.9 Å². The van der Waals surface area contributed by atoms with Crippen LogP contribution in [0.1, 0.15) is 37.6 Å². The molecule has 3 rings (SSSR count). The quantitative estimate of drug-likeness (QED) is 0.554. The predicted molar refractivity (Wildman–Crippen MR) is 101 cm³/mol. The van der Waals surface area contributed by atoms with Crippen molar-refractivity contribution < 1.29 is 22.4 Å². The summed E-state index contributed by atoms with van der Waals surface area (Å²) in [7, 11) is 0. The van der Waals surface area contributed by atoms with Crippen molar-refractivity contribution in [3.63, 3.8) is 0 Å². The van der Waals surface area contributed by atoms with Crippen molar-refractivity contribution in [2.75, 3.05) is 5.75 Å². The number of carbonyl (C=O) groups excluding carboxylic acids is 1. The largest absolute Gasteiger partial charge is 0.467 e. The Kier molecular flexibility index (Phi) is 6.02. The minimum atomic E-state index is -4.41. The molecule has 0 fully saturated rings. The lowest BCUT2D eigenvalue weighted by Gasteiger charge is -2.12. The highest BCUT2D eigenvalue weighted by molar-refractivity contribution is 7.99. The Labute approximate surface area is 164 Å². The molecule has 0 aliphatic heterocycles. The number of hydrogen-bond donors (Lipinski definition) is 1. The number of thioether (sulfide) groups is 1. The van der Waals surface area contributed by atoms with Crippen LogP contribution in [0, 0.1) is 0 Å². The number of nitrogens with one attached hydrogen (secondary N) is 1. The molecule has 0 radical (unpaired) electrons. The summed E-state index contributed by atoms with van der Waals surface area (Å²) in [5.74, 6) is 0.542. The van der Waals surface area contributed by atoms with E-state index in [1.807, 2.05) is 13.8 Å². The number of imidazole rings is 1. The number of alkyl halides is 3. The van der Waals surface area contributed by atoms with Crippen LogP contribution in [0.5, 0.6) is 0 Å². The molecule has 0 aliphatic carbocycles. The van der Waals surface area contributed by atoms with Crippen LogP contribution in [-0.4, -0.2) is 21.2 Å². The predicted octanol–water partition coefficient (Wildman–Crippen LogP) is 5.03. The molecule has 0 saturated carbocycles. The van der Waals surface area contributed by atoms with E-state index in [0.29, 0.717) is 28.5 Å². The van der Waals surface area contributed by atoms with Gasteiger partial charge in [0.2, 0.25) is 5.91 Å². The van der Waals surface area contributed by atoms with Gasteiger partial charge in [-0.1, -0.05) is 18.7 Å². The second-order valence-electron chi connectivity index (χ2n) is 6.34. The van der Waals surface area contributed by atoms with Gasteiger partial charge < -0.3 is 14.3 Å². The number of nitrogens with zero attached hydrogens (tertiary/aromatic N) is 2. The molecule has 1 N–H and O–H groups in total. The van der Waals surface area contributed by atoms with Gasteiger partial charge in [0, 0.05) is 6.54 Å². The van der Waals surface area contributed by atoms with Gasteiger partial charge in [0.15, 0.2) is 5.16 Å². The van der Waals surface area contributed by atoms with Crippen molar-refractivity contribution in [2.24, 2.45) is 0 Å². The lowest BCUT2D eigenvalue weighted by atomic mass is 10.2. The van der Waals surface area contributed by atoms with Crippen LogP contribution >= 0.6 is 11.8 Å². The van der Waals surface area contributed by atoms with Crippen LogP contribution in [0.4, 0.5) is 13.2 Å². The number of rotatable bonds is 7. The number of fused-ring (bicyclic) bond motifs is 1. The molecule has 150 valence electrons. The van der Waals surface area contributed by atoms with Crippen molar-refractivity contribution >= 4 is 28.7 Å². The van der Waals surface area contributed by atoms with E-state index in [9.17, 15) is 18.0 Å². The van der Waals surface area contributed by atoms with Crippen molar-refractivity contribution in [2.45, 2.75) is 44.2 Å². The maximum Gasteiger partial charge on any atom is 0.416 e. The first kappa shape index (κ1) is 20.3. The third-order valence-corrected chi connectivity index (χ3v) is 5.14. The molecule has 3 aromatic rings. The van der Waals surface area contributed by atoms with Crippen LogP contribution in [0.2, 0.25) is 0 Å². The average molecular weight is 411 g/mol. The maximum atomic E-state index is 13.0.